The van der Waals surface area contributed by atoms with Gasteiger partial charge in [0.1, 0.15) is 5.69 Å². The fraction of sp³-hybridized carbons (Fsp3) is 0.333. The van der Waals surface area contributed by atoms with Crippen LogP contribution in [0.2, 0.25) is 10.0 Å². The number of fused-ring (bicyclic) bond motifs is 1. The largest absolute Gasteiger partial charge is 0.369 e. The lowest BCUT2D eigenvalue weighted by molar-refractivity contribution is -0.123. The standard InChI is InChI=1S/C21H22Cl2N6O2/c1-11-15(9-24)18(14-3-2-13(22)8-16(14)23)29-10-17(27-21(29)26-11)20(31)28-6-4-12(5-7-28)19(25)30/h2-3,8,10,12H,4-7,9,24H2,1H3,(H2,25,30). The van der Waals surface area contributed by atoms with E-state index in [0.717, 1.165) is 16.8 Å². The van der Waals surface area contributed by atoms with Crippen LogP contribution >= 0.6 is 23.2 Å². The van der Waals surface area contributed by atoms with E-state index in [2.05, 4.69) is 9.97 Å². The number of nitrogens with zero attached hydrogens (tertiary/aromatic N) is 4. The molecular formula is C21H22Cl2N6O2. The number of imidazole rings is 1. The summed E-state index contributed by atoms with van der Waals surface area (Å²) in [5.74, 6) is -0.349. The van der Waals surface area contributed by atoms with Gasteiger partial charge >= 0.3 is 0 Å². The van der Waals surface area contributed by atoms with E-state index >= 15 is 0 Å². The van der Waals surface area contributed by atoms with Crippen molar-refractivity contribution in [1.29, 1.82) is 0 Å². The first kappa shape index (κ1) is 21.5. The number of rotatable bonds is 4. The third-order valence-corrected chi connectivity index (χ3v) is 6.26. The first-order chi connectivity index (χ1) is 14.8. The van der Waals surface area contributed by atoms with Crippen molar-refractivity contribution in [3.05, 3.63) is 51.4 Å². The fourth-order valence-corrected chi connectivity index (χ4v) is 4.50. The molecule has 10 heteroatoms. The van der Waals surface area contributed by atoms with Gasteiger partial charge in [-0.2, -0.15) is 0 Å². The summed E-state index contributed by atoms with van der Waals surface area (Å²) in [4.78, 5) is 35.2. The minimum Gasteiger partial charge on any atom is -0.369 e. The fourth-order valence-electron chi connectivity index (χ4n) is 4.00. The van der Waals surface area contributed by atoms with Gasteiger partial charge in [0, 0.05) is 53.6 Å². The zero-order valence-corrected chi connectivity index (χ0v) is 18.5. The predicted molar refractivity (Wildman–Crippen MR) is 119 cm³/mol. The lowest BCUT2D eigenvalue weighted by Crippen LogP contribution is -2.41. The van der Waals surface area contributed by atoms with E-state index in [1.807, 2.05) is 13.0 Å². The molecule has 0 unspecified atom stereocenters. The van der Waals surface area contributed by atoms with Crippen LogP contribution in [0.4, 0.5) is 0 Å². The molecule has 4 N–H and O–H groups in total. The maximum Gasteiger partial charge on any atom is 0.274 e. The van der Waals surface area contributed by atoms with Gasteiger partial charge in [0.15, 0.2) is 0 Å². The van der Waals surface area contributed by atoms with Crippen LogP contribution in [0.5, 0.6) is 0 Å². The van der Waals surface area contributed by atoms with Crippen LogP contribution in [0.15, 0.2) is 24.4 Å². The summed E-state index contributed by atoms with van der Waals surface area (Å²) >= 11 is 12.6. The SMILES string of the molecule is Cc1nc2nc(C(=O)N3CCC(C(N)=O)CC3)cn2c(-c2ccc(Cl)cc2Cl)c1CN. The lowest BCUT2D eigenvalue weighted by atomic mass is 9.96. The molecule has 162 valence electrons. The maximum absolute atomic E-state index is 13.1. The van der Waals surface area contributed by atoms with Crippen LogP contribution in [0.25, 0.3) is 17.0 Å². The molecule has 1 fully saturated rings. The Labute approximate surface area is 189 Å². The van der Waals surface area contributed by atoms with Gasteiger partial charge < -0.3 is 16.4 Å². The van der Waals surface area contributed by atoms with Gasteiger partial charge in [0.2, 0.25) is 11.7 Å². The summed E-state index contributed by atoms with van der Waals surface area (Å²) in [6.45, 7) is 3.00. The van der Waals surface area contributed by atoms with E-state index in [0.29, 0.717) is 47.4 Å². The zero-order chi connectivity index (χ0) is 22.3. The molecule has 1 aromatic carbocycles. The molecule has 0 radical (unpaired) electrons. The number of carbonyl (C=O) groups excluding carboxylic acids is 2. The molecule has 31 heavy (non-hydrogen) atoms. The van der Waals surface area contributed by atoms with E-state index in [1.54, 1.807) is 27.6 Å². The zero-order valence-electron chi connectivity index (χ0n) is 16.9. The molecule has 0 aliphatic carbocycles. The van der Waals surface area contributed by atoms with Gasteiger partial charge in [-0.1, -0.05) is 23.2 Å². The quantitative estimate of drug-likeness (QED) is 0.619. The molecule has 0 spiro atoms. The predicted octanol–water partition coefficient (Wildman–Crippen LogP) is 2.81. The maximum atomic E-state index is 13.1. The molecule has 1 aliphatic heterocycles. The smallest absolute Gasteiger partial charge is 0.274 e. The third kappa shape index (κ3) is 3.98. The molecule has 0 atom stereocenters. The van der Waals surface area contributed by atoms with Gasteiger partial charge in [-0.05, 0) is 38.0 Å². The monoisotopic (exact) mass is 460 g/mol. The lowest BCUT2D eigenvalue weighted by Gasteiger charge is -2.29. The average Bonchev–Trinajstić information content (AvgIpc) is 3.16. The van der Waals surface area contributed by atoms with Gasteiger partial charge in [0.25, 0.3) is 5.91 Å². The molecule has 0 bridgehead atoms. The minimum atomic E-state index is -0.321. The highest BCUT2D eigenvalue weighted by Gasteiger charge is 2.28. The third-order valence-electron chi connectivity index (χ3n) is 5.71. The van der Waals surface area contributed by atoms with Gasteiger partial charge in [-0.3, -0.25) is 14.0 Å². The van der Waals surface area contributed by atoms with Crippen molar-refractivity contribution < 1.29 is 9.59 Å². The Hall–Kier alpha value is -2.68. The second kappa shape index (κ2) is 8.45. The molecule has 3 aromatic rings. The Kier molecular flexibility index (Phi) is 5.88. The van der Waals surface area contributed by atoms with E-state index in [1.165, 1.54) is 0 Å². The second-order valence-corrected chi connectivity index (χ2v) is 8.46. The van der Waals surface area contributed by atoms with Crippen LogP contribution < -0.4 is 11.5 Å². The van der Waals surface area contributed by atoms with Crippen molar-refractivity contribution in [3.63, 3.8) is 0 Å². The first-order valence-corrected chi connectivity index (χ1v) is 10.7. The van der Waals surface area contributed by atoms with Crippen molar-refractivity contribution in [2.24, 2.45) is 17.4 Å². The Balaban J connectivity index is 1.77. The Morgan fingerprint density at radius 1 is 1.19 bits per heavy atom. The van der Waals surface area contributed by atoms with Crippen molar-refractivity contribution in [2.75, 3.05) is 13.1 Å². The number of aryl methyl sites for hydroxylation is 1. The number of aromatic nitrogens is 3. The normalized spacial score (nSPS) is 14.9. The van der Waals surface area contributed by atoms with Crippen molar-refractivity contribution in [3.8, 4) is 11.3 Å². The number of hydrogen-bond acceptors (Lipinski definition) is 5. The number of nitrogens with two attached hydrogens (primary N) is 2. The number of likely N-dealkylation sites (tertiary alicyclic amines) is 1. The number of primary amides is 1. The molecule has 2 aromatic heterocycles. The van der Waals surface area contributed by atoms with Gasteiger partial charge in [-0.25, -0.2) is 9.97 Å². The summed E-state index contributed by atoms with van der Waals surface area (Å²) in [7, 11) is 0. The Morgan fingerprint density at radius 3 is 2.52 bits per heavy atom. The Bertz CT molecular complexity index is 1180. The van der Waals surface area contributed by atoms with Crippen LogP contribution in [0.1, 0.15) is 34.6 Å². The molecule has 4 rings (SSSR count). The first-order valence-electron chi connectivity index (χ1n) is 9.92. The van der Waals surface area contributed by atoms with E-state index < -0.39 is 0 Å². The van der Waals surface area contributed by atoms with Crippen LogP contribution in [-0.4, -0.2) is 44.2 Å². The van der Waals surface area contributed by atoms with E-state index in [-0.39, 0.29) is 30.0 Å². The van der Waals surface area contributed by atoms with Crippen molar-refractivity contribution >= 4 is 40.8 Å². The number of piperidine rings is 1. The number of amides is 2. The van der Waals surface area contributed by atoms with Gasteiger partial charge in [-0.15, -0.1) is 0 Å². The minimum absolute atomic E-state index is 0.194. The topological polar surface area (TPSA) is 120 Å². The molecule has 8 nitrogen and oxygen atoms in total. The highest BCUT2D eigenvalue weighted by molar-refractivity contribution is 6.36. The number of halogens is 2. The highest BCUT2D eigenvalue weighted by atomic mass is 35.5. The molecule has 1 aliphatic rings. The van der Waals surface area contributed by atoms with E-state index in [9.17, 15) is 9.59 Å². The summed E-state index contributed by atoms with van der Waals surface area (Å²) in [5, 5.41) is 0.982. The van der Waals surface area contributed by atoms with Crippen LogP contribution in [0, 0.1) is 12.8 Å². The number of benzene rings is 1. The second-order valence-electron chi connectivity index (χ2n) is 7.62. The molecular weight excluding hydrogens is 439 g/mol. The summed E-state index contributed by atoms with van der Waals surface area (Å²) in [5.41, 5.74) is 14.6. The molecule has 1 saturated heterocycles. The summed E-state index contributed by atoms with van der Waals surface area (Å²) < 4.78 is 1.74. The van der Waals surface area contributed by atoms with Gasteiger partial charge in [0.05, 0.1) is 10.7 Å². The van der Waals surface area contributed by atoms with E-state index in [4.69, 9.17) is 34.7 Å². The number of hydrogen-bond donors (Lipinski definition) is 2. The molecule has 3 heterocycles. The number of carbonyl (C=O) groups is 2. The van der Waals surface area contributed by atoms with Crippen molar-refractivity contribution in [2.45, 2.75) is 26.3 Å². The highest BCUT2D eigenvalue weighted by Crippen LogP contribution is 2.34. The molecule has 2 amide bonds. The summed E-state index contributed by atoms with van der Waals surface area (Å²) in [6, 6.07) is 5.22. The Morgan fingerprint density at radius 2 is 1.90 bits per heavy atom. The van der Waals surface area contributed by atoms with Crippen LogP contribution in [0.3, 0.4) is 0 Å². The average molecular weight is 461 g/mol. The van der Waals surface area contributed by atoms with Crippen LogP contribution in [-0.2, 0) is 11.3 Å². The molecule has 0 saturated carbocycles. The van der Waals surface area contributed by atoms with Crippen molar-refractivity contribution in [1.82, 2.24) is 19.3 Å². The summed E-state index contributed by atoms with van der Waals surface area (Å²) in [6.07, 6.45) is 2.76.